The maximum atomic E-state index is 11.2. The lowest BCUT2D eigenvalue weighted by Gasteiger charge is -2.36. The van der Waals surface area contributed by atoms with E-state index in [-0.39, 0.29) is 12.3 Å². The molecule has 1 rings (SSSR count). The predicted molar refractivity (Wildman–Crippen MR) is 53.5 cm³/mol. The number of carbonyl (C=O) groups is 3. The van der Waals surface area contributed by atoms with Crippen molar-refractivity contribution in [2.75, 3.05) is 0 Å². The number of carbonyl (C=O) groups excluding carboxylic acids is 2. The summed E-state index contributed by atoms with van der Waals surface area (Å²) in [6.45, 7) is 3.37. The molecule has 6 nitrogen and oxygen atoms in total. The molecule has 1 aliphatic rings. The third kappa shape index (κ3) is 2.50. The van der Waals surface area contributed by atoms with E-state index in [1.54, 1.807) is 0 Å². The van der Waals surface area contributed by atoms with Crippen molar-refractivity contribution in [3.63, 3.8) is 0 Å². The van der Waals surface area contributed by atoms with Crippen molar-refractivity contribution in [3.05, 3.63) is 0 Å². The molecule has 1 aliphatic heterocycles. The van der Waals surface area contributed by atoms with Gasteiger partial charge in [-0.1, -0.05) is 6.92 Å². The third-order valence-corrected chi connectivity index (χ3v) is 2.50. The Balaban J connectivity index is 2.52. The van der Waals surface area contributed by atoms with E-state index in [1.165, 1.54) is 6.92 Å². The topological polar surface area (TPSA) is 92.7 Å². The minimum atomic E-state index is -1.11. The van der Waals surface area contributed by atoms with Crippen LogP contribution in [0, 0.1) is 5.92 Å². The first kappa shape index (κ1) is 12.5. The number of hydrogen-bond donors (Lipinski definition) is 2. The number of ether oxygens (including phenoxy) is 1. The molecule has 1 fully saturated rings. The predicted octanol–water partition coefficient (Wildman–Crippen LogP) is -0.0826. The number of amides is 1. The van der Waals surface area contributed by atoms with Gasteiger partial charge in [-0.15, -0.1) is 0 Å². The van der Waals surface area contributed by atoms with Crippen LogP contribution in [0.4, 0.5) is 0 Å². The van der Waals surface area contributed by atoms with Gasteiger partial charge in [-0.25, -0.2) is 4.79 Å². The van der Waals surface area contributed by atoms with Crippen LogP contribution >= 0.6 is 0 Å². The molecule has 0 unspecified atom stereocenters. The number of esters is 1. The van der Waals surface area contributed by atoms with Crippen LogP contribution in [0.25, 0.3) is 0 Å². The van der Waals surface area contributed by atoms with Crippen molar-refractivity contribution >= 4 is 17.8 Å². The summed E-state index contributed by atoms with van der Waals surface area (Å²) in [5, 5.41) is 11.0. The molecule has 1 amide bonds. The molecule has 0 spiro atoms. The molecule has 1 heterocycles. The van der Waals surface area contributed by atoms with Gasteiger partial charge >= 0.3 is 11.9 Å². The molecule has 90 valence electrons. The average Bonchev–Trinajstić information content (AvgIpc) is 2.13. The minimum Gasteiger partial charge on any atom is -0.480 e. The number of nitrogens with one attached hydrogen (secondary N) is 1. The van der Waals surface area contributed by atoms with Gasteiger partial charge in [-0.05, 0) is 13.3 Å². The summed E-state index contributed by atoms with van der Waals surface area (Å²) >= 11 is 0. The molecule has 0 aromatic carbocycles. The Morgan fingerprint density at radius 2 is 2.19 bits per heavy atom. The Bertz CT molecular complexity index is 314. The van der Waals surface area contributed by atoms with E-state index in [4.69, 9.17) is 9.84 Å². The summed E-state index contributed by atoms with van der Waals surface area (Å²) in [6, 6.07) is -0.947. The smallest absolute Gasteiger partial charge is 0.327 e. The van der Waals surface area contributed by atoms with Gasteiger partial charge in [0.05, 0.1) is 0 Å². The van der Waals surface area contributed by atoms with Crippen LogP contribution < -0.4 is 5.32 Å². The number of hydrogen-bond acceptors (Lipinski definition) is 4. The fourth-order valence-electron chi connectivity index (χ4n) is 1.64. The number of carboxylic acid groups (broad SMARTS) is 1. The van der Waals surface area contributed by atoms with Crippen LogP contribution in [0.1, 0.15) is 26.7 Å². The molecule has 1 saturated heterocycles. The Morgan fingerprint density at radius 1 is 1.56 bits per heavy atom. The molecule has 6 heteroatoms. The summed E-state index contributed by atoms with van der Waals surface area (Å²) in [6.07, 6.45) is 0.232. The van der Waals surface area contributed by atoms with E-state index in [9.17, 15) is 14.4 Å². The van der Waals surface area contributed by atoms with Crippen molar-refractivity contribution in [2.24, 2.45) is 5.92 Å². The van der Waals surface area contributed by atoms with Crippen LogP contribution in [0.2, 0.25) is 0 Å². The number of β-lactam (4-membered cyclic amide) rings is 1. The van der Waals surface area contributed by atoms with E-state index < -0.39 is 30.0 Å². The maximum Gasteiger partial charge on any atom is 0.327 e. The largest absolute Gasteiger partial charge is 0.480 e. The Hall–Kier alpha value is -1.59. The average molecular weight is 229 g/mol. The highest BCUT2D eigenvalue weighted by Crippen LogP contribution is 2.22. The standard InChI is InChI=1S/C10H15NO5/c1-3-4-6(12)16-5(2)7-8(10(14)15)11-9(7)13/h5,7-8H,3-4H2,1-2H3,(H,11,13)(H,14,15)/t5-,7-,8+/m1/s1. The van der Waals surface area contributed by atoms with Crippen molar-refractivity contribution in [1.29, 1.82) is 0 Å². The molecule has 0 aromatic heterocycles. The fraction of sp³-hybridized carbons (Fsp3) is 0.700. The van der Waals surface area contributed by atoms with Crippen LogP contribution in [0.5, 0.6) is 0 Å². The lowest BCUT2D eigenvalue weighted by Crippen LogP contribution is -2.65. The van der Waals surface area contributed by atoms with Crippen molar-refractivity contribution < 1.29 is 24.2 Å². The maximum absolute atomic E-state index is 11.2. The number of aliphatic carboxylic acids is 1. The second kappa shape index (κ2) is 4.96. The quantitative estimate of drug-likeness (QED) is 0.508. The normalized spacial score (nSPS) is 25.2. The zero-order valence-electron chi connectivity index (χ0n) is 9.23. The molecule has 0 aliphatic carbocycles. The van der Waals surface area contributed by atoms with Crippen LogP contribution in [-0.2, 0) is 19.1 Å². The van der Waals surface area contributed by atoms with E-state index >= 15 is 0 Å². The summed E-state index contributed by atoms with van der Waals surface area (Å²) in [7, 11) is 0. The van der Waals surface area contributed by atoms with Gasteiger partial charge in [-0.2, -0.15) is 0 Å². The fourth-order valence-corrected chi connectivity index (χ4v) is 1.64. The lowest BCUT2D eigenvalue weighted by molar-refractivity contribution is -0.166. The van der Waals surface area contributed by atoms with Gasteiger partial charge in [0.1, 0.15) is 18.1 Å². The van der Waals surface area contributed by atoms with Gasteiger partial charge in [0.25, 0.3) is 0 Å². The van der Waals surface area contributed by atoms with Crippen molar-refractivity contribution in [3.8, 4) is 0 Å². The van der Waals surface area contributed by atoms with Gasteiger partial charge in [-0.3, -0.25) is 9.59 Å². The first-order chi connectivity index (χ1) is 7.47. The summed E-state index contributed by atoms with van der Waals surface area (Å²) < 4.78 is 4.98. The van der Waals surface area contributed by atoms with Crippen LogP contribution in [0.3, 0.4) is 0 Å². The monoisotopic (exact) mass is 229 g/mol. The minimum absolute atomic E-state index is 0.274. The summed E-state index contributed by atoms with van der Waals surface area (Å²) in [5.74, 6) is -2.68. The molecule has 16 heavy (non-hydrogen) atoms. The molecular formula is C10H15NO5. The van der Waals surface area contributed by atoms with Crippen LogP contribution in [-0.4, -0.2) is 35.1 Å². The van der Waals surface area contributed by atoms with E-state index in [0.717, 1.165) is 0 Å². The van der Waals surface area contributed by atoms with E-state index in [0.29, 0.717) is 6.42 Å². The molecule has 0 radical (unpaired) electrons. The SMILES string of the molecule is CCCC(=O)O[C@H](C)[C@H]1C(=O)N[C@@H]1C(=O)O. The lowest BCUT2D eigenvalue weighted by atomic mass is 9.86. The second-order valence-corrected chi connectivity index (χ2v) is 3.80. The Labute approximate surface area is 93.0 Å². The summed E-state index contributed by atoms with van der Waals surface area (Å²) in [4.78, 5) is 33.0. The summed E-state index contributed by atoms with van der Waals surface area (Å²) in [5.41, 5.74) is 0. The molecule has 0 bridgehead atoms. The highest BCUT2D eigenvalue weighted by atomic mass is 16.5. The number of carboxylic acids is 1. The van der Waals surface area contributed by atoms with Gasteiger partial charge in [0.15, 0.2) is 0 Å². The van der Waals surface area contributed by atoms with E-state index in [2.05, 4.69) is 5.32 Å². The van der Waals surface area contributed by atoms with Gasteiger partial charge in [0.2, 0.25) is 5.91 Å². The third-order valence-electron chi connectivity index (χ3n) is 2.50. The molecule has 3 atom stereocenters. The molecule has 0 aromatic rings. The van der Waals surface area contributed by atoms with Gasteiger partial charge < -0.3 is 15.2 Å². The first-order valence-corrected chi connectivity index (χ1v) is 5.20. The first-order valence-electron chi connectivity index (χ1n) is 5.20. The van der Waals surface area contributed by atoms with Crippen LogP contribution in [0.15, 0.2) is 0 Å². The zero-order valence-corrected chi connectivity index (χ0v) is 9.23. The Kier molecular flexibility index (Phi) is 3.87. The second-order valence-electron chi connectivity index (χ2n) is 3.80. The van der Waals surface area contributed by atoms with Gasteiger partial charge in [0, 0.05) is 6.42 Å². The number of rotatable bonds is 5. The molecule has 0 saturated carbocycles. The zero-order chi connectivity index (χ0) is 12.3. The van der Waals surface area contributed by atoms with Crippen molar-refractivity contribution in [1.82, 2.24) is 5.32 Å². The molecular weight excluding hydrogens is 214 g/mol. The molecule has 2 N–H and O–H groups in total. The Morgan fingerprint density at radius 3 is 2.62 bits per heavy atom. The highest BCUT2D eigenvalue weighted by molar-refractivity contribution is 5.97. The van der Waals surface area contributed by atoms with E-state index in [1.807, 2.05) is 6.92 Å². The van der Waals surface area contributed by atoms with Crippen molar-refractivity contribution in [2.45, 2.75) is 38.8 Å². The highest BCUT2D eigenvalue weighted by Gasteiger charge is 2.48.